The number of benzene rings is 1. The lowest BCUT2D eigenvalue weighted by Crippen LogP contribution is -2.67. The molecule has 2 heterocycles. The predicted octanol–water partition coefficient (Wildman–Crippen LogP) is -1.22. The molecule has 2 saturated heterocycles. The smallest absolute Gasteiger partial charge is 0.248 e. The number of thioether (sulfide) groups is 1. The Morgan fingerprint density at radius 1 is 1.17 bits per heavy atom. The average molecular weight is 444 g/mol. The van der Waals surface area contributed by atoms with Gasteiger partial charge in [0.2, 0.25) is 5.91 Å². The van der Waals surface area contributed by atoms with E-state index in [1.54, 1.807) is 0 Å². The standard InChI is InChI=1S/C18H25N3O6S2/c1-20(2)9-5-3-8(4-6-9)15-11(19)16(26)21(18(28)29-15)17-14(25)13(24)12(23)10(7-22)27-17/h3-6,10-15,17,22-25H,7,19H2,1-2H3/t10-,11-,12+,13+,14-,15+,17-/m1/s1. The highest BCUT2D eigenvalue weighted by Gasteiger charge is 2.51. The zero-order valence-electron chi connectivity index (χ0n) is 16.0. The summed E-state index contributed by atoms with van der Waals surface area (Å²) in [5.41, 5.74) is 8.04. The van der Waals surface area contributed by atoms with Crippen LogP contribution in [0.3, 0.4) is 0 Å². The van der Waals surface area contributed by atoms with Gasteiger partial charge in [-0.1, -0.05) is 36.1 Å². The van der Waals surface area contributed by atoms with Crippen LogP contribution < -0.4 is 10.6 Å². The molecule has 2 aliphatic heterocycles. The van der Waals surface area contributed by atoms with Gasteiger partial charge in [0.1, 0.15) is 34.8 Å². The molecule has 160 valence electrons. The quantitative estimate of drug-likeness (QED) is 0.360. The van der Waals surface area contributed by atoms with Crippen LogP contribution in [0.4, 0.5) is 5.69 Å². The summed E-state index contributed by atoms with van der Waals surface area (Å²) in [6, 6.07) is 6.63. The summed E-state index contributed by atoms with van der Waals surface area (Å²) in [5.74, 6) is -0.570. The van der Waals surface area contributed by atoms with Crippen molar-refractivity contribution in [3.05, 3.63) is 29.8 Å². The molecular weight excluding hydrogens is 418 g/mol. The number of hydrogen-bond donors (Lipinski definition) is 5. The Balaban J connectivity index is 1.83. The van der Waals surface area contributed by atoms with E-state index in [2.05, 4.69) is 0 Å². The number of carbonyl (C=O) groups excluding carboxylic acids is 1. The number of ether oxygens (including phenoxy) is 1. The van der Waals surface area contributed by atoms with Crippen LogP contribution in [-0.4, -0.2) is 92.9 Å². The topological polar surface area (TPSA) is 140 Å². The largest absolute Gasteiger partial charge is 0.394 e. The van der Waals surface area contributed by atoms with Crippen molar-refractivity contribution in [3.8, 4) is 0 Å². The number of nitrogens with two attached hydrogens (primary N) is 1. The van der Waals surface area contributed by atoms with Gasteiger partial charge in [0.25, 0.3) is 0 Å². The van der Waals surface area contributed by atoms with Crippen LogP contribution in [0, 0.1) is 0 Å². The van der Waals surface area contributed by atoms with E-state index < -0.39 is 54.4 Å². The van der Waals surface area contributed by atoms with Crippen LogP contribution in [0.5, 0.6) is 0 Å². The van der Waals surface area contributed by atoms with Crippen LogP contribution in [-0.2, 0) is 9.53 Å². The van der Waals surface area contributed by atoms with Crippen molar-refractivity contribution in [1.82, 2.24) is 4.90 Å². The Labute approximate surface area is 178 Å². The maximum Gasteiger partial charge on any atom is 0.248 e. The van der Waals surface area contributed by atoms with Gasteiger partial charge >= 0.3 is 0 Å². The summed E-state index contributed by atoms with van der Waals surface area (Å²) in [6.07, 6.45) is -7.26. The molecule has 0 unspecified atom stereocenters. The van der Waals surface area contributed by atoms with E-state index in [0.717, 1.165) is 16.2 Å². The Kier molecular flexibility index (Phi) is 6.81. The lowest BCUT2D eigenvalue weighted by molar-refractivity contribution is -0.253. The van der Waals surface area contributed by atoms with E-state index >= 15 is 0 Å². The van der Waals surface area contributed by atoms with Gasteiger partial charge in [-0.3, -0.25) is 9.69 Å². The highest BCUT2D eigenvalue weighted by molar-refractivity contribution is 8.23. The Hall–Kier alpha value is -1.31. The van der Waals surface area contributed by atoms with Crippen molar-refractivity contribution >= 4 is 39.9 Å². The van der Waals surface area contributed by atoms with Crippen LogP contribution >= 0.6 is 24.0 Å². The summed E-state index contributed by atoms with van der Waals surface area (Å²) in [7, 11) is 3.85. The molecule has 0 saturated carbocycles. The summed E-state index contributed by atoms with van der Waals surface area (Å²) in [5, 5.41) is 39.3. The molecule has 2 fully saturated rings. The minimum absolute atomic E-state index is 0.128. The van der Waals surface area contributed by atoms with E-state index in [1.165, 1.54) is 11.8 Å². The number of nitrogens with zero attached hydrogens (tertiary/aromatic N) is 2. The monoisotopic (exact) mass is 443 g/mol. The summed E-state index contributed by atoms with van der Waals surface area (Å²) < 4.78 is 5.60. The number of anilines is 1. The summed E-state index contributed by atoms with van der Waals surface area (Å²) in [6.45, 7) is -0.601. The van der Waals surface area contributed by atoms with Crippen LogP contribution in [0.2, 0.25) is 0 Å². The zero-order valence-corrected chi connectivity index (χ0v) is 17.6. The Morgan fingerprint density at radius 2 is 1.79 bits per heavy atom. The van der Waals surface area contributed by atoms with Crippen LogP contribution in [0.1, 0.15) is 10.8 Å². The number of carbonyl (C=O) groups is 1. The molecule has 0 aromatic heterocycles. The number of rotatable bonds is 4. The first kappa shape index (κ1) is 22.4. The van der Waals surface area contributed by atoms with Crippen LogP contribution in [0.25, 0.3) is 0 Å². The molecule has 3 rings (SSSR count). The average Bonchev–Trinajstić information content (AvgIpc) is 2.70. The molecule has 0 spiro atoms. The second kappa shape index (κ2) is 8.82. The Morgan fingerprint density at radius 3 is 2.34 bits per heavy atom. The molecule has 29 heavy (non-hydrogen) atoms. The van der Waals surface area contributed by atoms with Gasteiger partial charge in [-0.15, -0.1) is 0 Å². The number of thiocarbonyl (C=S) groups is 1. The fraction of sp³-hybridized carbons (Fsp3) is 0.556. The summed E-state index contributed by atoms with van der Waals surface area (Å²) >= 11 is 6.57. The number of hydrogen-bond acceptors (Lipinski definition) is 10. The van der Waals surface area contributed by atoms with E-state index in [1.807, 2.05) is 43.3 Å². The van der Waals surface area contributed by atoms with Gasteiger partial charge in [-0.25, -0.2) is 0 Å². The molecule has 1 amide bonds. The van der Waals surface area contributed by atoms with Gasteiger partial charge in [0.15, 0.2) is 6.23 Å². The molecule has 0 bridgehead atoms. The van der Waals surface area contributed by atoms with Crippen molar-refractivity contribution in [3.63, 3.8) is 0 Å². The lowest BCUT2D eigenvalue weighted by atomic mass is 9.97. The number of aliphatic hydroxyl groups is 4. The third kappa shape index (κ3) is 4.14. The SMILES string of the molecule is CN(C)c1ccc([C@@H]2SC(=S)N([C@@H]3O[C@H](CO)[C@H](O)[C@H](O)[C@H]3O)C(=O)[C@@H]2N)cc1. The van der Waals surface area contributed by atoms with Gasteiger partial charge in [0, 0.05) is 19.8 Å². The third-order valence-corrected chi connectivity index (χ3v) is 6.84. The normalized spacial score (nSPS) is 35.7. The van der Waals surface area contributed by atoms with Crippen molar-refractivity contribution in [1.29, 1.82) is 0 Å². The second-order valence-corrected chi connectivity index (χ2v) is 9.02. The predicted molar refractivity (Wildman–Crippen MR) is 112 cm³/mol. The van der Waals surface area contributed by atoms with Crippen molar-refractivity contribution < 1.29 is 30.0 Å². The number of aliphatic hydroxyl groups excluding tert-OH is 4. The molecule has 2 aliphatic rings. The molecule has 0 radical (unpaired) electrons. The molecule has 1 aromatic rings. The van der Waals surface area contributed by atoms with E-state index in [9.17, 15) is 25.2 Å². The maximum atomic E-state index is 13.0. The first-order chi connectivity index (χ1) is 13.7. The minimum Gasteiger partial charge on any atom is -0.394 e. The highest BCUT2D eigenvalue weighted by Crippen LogP contribution is 2.40. The van der Waals surface area contributed by atoms with Gasteiger partial charge in [-0.2, -0.15) is 0 Å². The maximum absolute atomic E-state index is 13.0. The van der Waals surface area contributed by atoms with Gasteiger partial charge in [0.05, 0.1) is 11.9 Å². The molecule has 9 nitrogen and oxygen atoms in total. The van der Waals surface area contributed by atoms with E-state index in [0.29, 0.717) is 0 Å². The fourth-order valence-electron chi connectivity index (χ4n) is 3.38. The number of amides is 1. The lowest BCUT2D eigenvalue weighted by Gasteiger charge is -2.47. The van der Waals surface area contributed by atoms with Gasteiger partial charge in [-0.05, 0) is 17.7 Å². The minimum atomic E-state index is -1.61. The molecular formula is C18H25N3O6S2. The van der Waals surface area contributed by atoms with Crippen molar-refractivity contribution in [2.24, 2.45) is 5.73 Å². The highest BCUT2D eigenvalue weighted by atomic mass is 32.2. The van der Waals surface area contributed by atoms with E-state index in [-0.39, 0.29) is 4.32 Å². The van der Waals surface area contributed by atoms with Crippen molar-refractivity contribution in [2.45, 2.75) is 41.9 Å². The summed E-state index contributed by atoms with van der Waals surface area (Å²) in [4.78, 5) is 16.0. The fourth-order valence-corrected chi connectivity index (χ4v) is 4.97. The molecule has 7 atom stereocenters. The molecule has 11 heteroatoms. The van der Waals surface area contributed by atoms with E-state index in [4.69, 9.17) is 22.7 Å². The zero-order chi connectivity index (χ0) is 21.5. The van der Waals surface area contributed by atoms with Crippen molar-refractivity contribution in [2.75, 3.05) is 25.6 Å². The molecule has 6 N–H and O–H groups in total. The van der Waals surface area contributed by atoms with Gasteiger partial charge < -0.3 is 35.8 Å². The third-order valence-electron chi connectivity index (χ3n) is 5.13. The van der Waals surface area contributed by atoms with Crippen LogP contribution in [0.15, 0.2) is 24.3 Å². The molecule has 1 aromatic carbocycles. The first-order valence-electron chi connectivity index (χ1n) is 9.04. The second-order valence-electron chi connectivity index (χ2n) is 7.24. The molecule has 0 aliphatic carbocycles. The Bertz CT molecular complexity index is 762. The first-order valence-corrected chi connectivity index (χ1v) is 10.3.